The van der Waals surface area contributed by atoms with Crippen molar-refractivity contribution in [2.24, 2.45) is 0 Å². The fourth-order valence-corrected chi connectivity index (χ4v) is 2.86. The van der Waals surface area contributed by atoms with Gasteiger partial charge in [-0.3, -0.25) is 0 Å². The van der Waals surface area contributed by atoms with Crippen LogP contribution in [0.5, 0.6) is 0 Å². The van der Waals surface area contributed by atoms with Crippen molar-refractivity contribution < 1.29 is 67.3 Å². The Balaban J connectivity index is 3.32. The second-order valence-electron chi connectivity index (χ2n) is 7.36. The number of rotatable bonds is 11. The van der Waals surface area contributed by atoms with Gasteiger partial charge in [-0.1, -0.05) is 30.3 Å². The number of alkyl halides is 13. The van der Waals surface area contributed by atoms with Crippen LogP contribution in [-0.4, -0.2) is 58.2 Å². The number of aliphatic hydroxyl groups is 2. The maximum atomic E-state index is 14.1. The molecule has 2 N–H and O–H groups in total. The van der Waals surface area contributed by atoms with Crippen LogP contribution < -0.4 is 0 Å². The Morgan fingerprint density at radius 2 is 1.06 bits per heavy atom. The Morgan fingerprint density at radius 1 is 0.606 bits per heavy atom. The summed E-state index contributed by atoms with van der Waals surface area (Å²) in [5.41, 5.74) is -2.80. The first-order chi connectivity index (χ1) is 14.6. The molecule has 0 fully saturated rings. The van der Waals surface area contributed by atoms with E-state index in [9.17, 15) is 62.2 Å². The fraction of sp³-hybridized carbons (Fsp3) is 0.667. The zero-order chi connectivity index (χ0) is 26.1. The molecule has 0 heterocycles. The smallest absolute Gasteiger partial charge is 0.396 e. The molecule has 0 aliphatic heterocycles. The van der Waals surface area contributed by atoms with Gasteiger partial charge in [-0.15, -0.1) is 0 Å². The van der Waals surface area contributed by atoms with Crippen molar-refractivity contribution in [1.29, 1.82) is 0 Å². The van der Waals surface area contributed by atoms with Crippen LogP contribution in [0, 0.1) is 0 Å². The van der Waals surface area contributed by atoms with Crippen molar-refractivity contribution in [2.45, 2.75) is 67.1 Å². The highest BCUT2D eigenvalue weighted by Crippen LogP contribution is 2.61. The normalized spacial score (nSPS) is 16.6. The van der Waals surface area contributed by atoms with Gasteiger partial charge in [-0.25, -0.2) is 0 Å². The summed E-state index contributed by atoms with van der Waals surface area (Å²) in [4.78, 5) is 0. The first-order valence-corrected chi connectivity index (χ1v) is 8.93. The van der Waals surface area contributed by atoms with Gasteiger partial charge in [0.1, 0.15) is 0 Å². The van der Waals surface area contributed by atoms with Gasteiger partial charge in [0.15, 0.2) is 0 Å². The summed E-state index contributed by atoms with van der Waals surface area (Å²) >= 11 is 0. The van der Waals surface area contributed by atoms with Crippen LogP contribution in [0.15, 0.2) is 30.3 Å². The Hall–Kier alpha value is -1.77. The molecule has 0 aliphatic carbocycles. The van der Waals surface area contributed by atoms with Crippen LogP contribution in [-0.2, 0) is 6.42 Å². The van der Waals surface area contributed by atoms with Crippen LogP contribution in [0.2, 0.25) is 0 Å². The highest BCUT2D eigenvalue weighted by Gasteiger charge is 2.90. The molecule has 1 aromatic carbocycles. The van der Waals surface area contributed by atoms with Gasteiger partial charge in [0.2, 0.25) is 0 Å². The van der Waals surface area contributed by atoms with Crippen LogP contribution in [0.25, 0.3) is 0 Å². The molecule has 15 heteroatoms. The topological polar surface area (TPSA) is 40.5 Å². The Labute approximate surface area is 178 Å². The van der Waals surface area contributed by atoms with Crippen LogP contribution in [0.4, 0.5) is 57.1 Å². The molecule has 1 rings (SSSR count). The molecule has 0 bridgehead atoms. The number of aryl methyl sites for hydroxylation is 1. The van der Waals surface area contributed by atoms with E-state index < -0.39 is 67.3 Å². The van der Waals surface area contributed by atoms with Gasteiger partial charge in [-0.2, -0.15) is 57.1 Å². The molecule has 0 saturated heterocycles. The predicted octanol–water partition coefficient (Wildman–Crippen LogP) is 5.86. The van der Waals surface area contributed by atoms with Crippen molar-refractivity contribution in [3.05, 3.63) is 35.9 Å². The number of halogens is 13. The predicted molar refractivity (Wildman–Crippen MR) is 86.8 cm³/mol. The zero-order valence-corrected chi connectivity index (χ0v) is 16.2. The maximum absolute atomic E-state index is 14.1. The molecule has 0 aliphatic rings. The first kappa shape index (κ1) is 29.3. The molecule has 1 aromatic rings. The third-order valence-corrected chi connectivity index (χ3v) is 4.85. The van der Waals surface area contributed by atoms with Crippen molar-refractivity contribution in [3.63, 3.8) is 0 Å². The standard InChI is InChI=1S/C18H17F13O2/c19-13(20,10-12(33,8-9-32)7-6-11-4-2-1-3-5-11)14(21,22)15(23,24)16(25,26)17(27,28)18(29,30)31/h1-5,32-33H,6-10H2. The Morgan fingerprint density at radius 3 is 1.48 bits per heavy atom. The summed E-state index contributed by atoms with van der Waals surface area (Å²) in [6.07, 6.45) is -12.7. The van der Waals surface area contributed by atoms with Crippen molar-refractivity contribution in [1.82, 2.24) is 0 Å². The lowest BCUT2D eigenvalue weighted by Gasteiger charge is -2.41. The lowest BCUT2D eigenvalue weighted by Crippen LogP contribution is -2.70. The van der Waals surface area contributed by atoms with Gasteiger partial charge >= 0.3 is 35.8 Å². The van der Waals surface area contributed by atoms with Crippen LogP contribution in [0.3, 0.4) is 0 Å². The molecule has 0 amide bonds. The van der Waals surface area contributed by atoms with Crippen molar-refractivity contribution >= 4 is 0 Å². The van der Waals surface area contributed by atoms with E-state index in [-0.39, 0.29) is 6.42 Å². The quantitative estimate of drug-likeness (QED) is 0.365. The summed E-state index contributed by atoms with van der Waals surface area (Å²) < 4.78 is 172. The Kier molecular flexibility index (Phi) is 8.08. The molecule has 0 spiro atoms. The molecule has 1 unspecified atom stereocenters. The third kappa shape index (κ3) is 5.33. The molecule has 192 valence electrons. The molecular formula is C18H17F13O2. The summed E-state index contributed by atoms with van der Waals surface area (Å²) in [5.74, 6) is -37.6. The van der Waals surface area contributed by atoms with Crippen molar-refractivity contribution in [3.8, 4) is 0 Å². The van der Waals surface area contributed by atoms with E-state index in [1.54, 1.807) is 0 Å². The van der Waals surface area contributed by atoms with E-state index in [0.717, 1.165) is 0 Å². The zero-order valence-electron chi connectivity index (χ0n) is 16.2. The third-order valence-electron chi connectivity index (χ3n) is 4.85. The lowest BCUT2D eigenvalue weighted by molar-refractivity contribution is -0.441. The molecule has 2 nitrogen and oxygen atoms in total. The number of hydrogen-bond acceptors (Lipinski definition) is 2. The monoisotopic (exact) mass is 512 g/mol. The first-order valence-electron chi connectivity index (χ1n) is 8.93. The average Bonchev–Trinajstić information content (AvgIpc) is 2.65. The minimum absolute atomic E-state index is 0.311. The SMILES string of the molecule is OCCC(O)(CCc1ccccc1)CC(F)(F)C(F)(F)C(F)(F)C(F)(F)C(F)(F)C(F)(F)F. The van der Waals surface area contributed by atoms with Gasteiger partial charge in [0, 0.05) is 13.0 Å². The van der Waals surface area contributed by atoms with E-state index in [1.807, 2.05) is 0 Å². The number of hydrogen-bond donors (Lipinski definition) is 2. The highest BCUT2D eigenvalue weighted by molar-refractivity contribution is 5.16. The summed E-state index contributed by atoms with van der Waals surface area (Å²) in [5, 5.41) is 19.1. The summed E-state index contributed by atoms with van der Waals surface area (Å²) in [7, 11) is 0. The minimum atomic E-state index is -8.00. The van der Waals surface area contributed by atoms with Gasteiger partial charge in [0.05, 0.1) is 5.60 Å². The molecule has 0 aromatic heterocycles. The molecule has 1 atom stereocenters. The van der Waals surface area contributed by atoms with Gasteiger partial charge < -0.3 is 10.2 Å². The maximum Gasteiger partial charge on any atom is 0.460 e. The van der Waals surface area contributed by atoms with Gasteiger partial charge in [-0.05, 0) is 24.8 Å². The van der Waals surface area contributed by atoms with E-state index in [2.05, 4.69) is 0 Å². The molecule has 33 heavy (non-hydrogen) atoms. The average molecular weight is 512 g/mol. The van der Waals surface area contributed by atoms with E-state index in [1.165, 1.54) is 30.3 Å². The van der Waals surface area contributed by atoms with Crippen LogP contribution >= 0.6 is 0 Å². The summed E-state index contributed by atoms with van der Waals surface area (Å²) in [6, 6.07) is 7.14. The molecule has 0 saturated carbocycles. The minimum Gasteiger partial charge on any atom is -0.396 e. The summed E-state index contributed by atoms with van der Waals surface area (Å²) in [6.45, 7) is -1.17. The second-order valence-corrected chi connectivity index (χ2v) is 7.36. The molecular weight excluding hydrogens is 495 g/mol. The van der Waals surface area contributed by atoms with Gasteiger partial charge in [0.25, 0.3) is 0 Å². The van der Waals surface area contributed by atoms with Crippen molar-refractivity contribution in [2.75, 3.05) is 6.61 Å². The Bertz CT molecular complexity index is 777. The largest absolute Gasteiger partial charge is 0.460 e. The fourth-order valence-electron chi connectivity index (χ4n) is 2.86. The second kappa shape index (κ2) is 9.12. The van der Waals surface area contributed by atoms with E-state index >= 15 is 0 Å². The van der Waals surface area contributed by atoms with E-state index in [4.69, 9.17) is 5.11 Å². The number of aliphatic hydroxyl groups excluding tert-OH is 1. The van der Waals surface area contributed by atoms with E-state index in [0.29, 0.717) is 5.56 Å². The van der Waals surface area contributed by atoms with Crippen LogP contribution in [0.1, 0.15) is 24.8 Å². The number of benzene rings is 1. The molecule has 0 radical (unpaired) electrons. The lowest BCUT2D eigenvalue weighted by atomic mass is 9.82. The highest BCUT2D eigenvalue weighted by atomic mass is 19.4.